The van der Waals surface area contributed by atoms with Gasteiger partial charge in [-0.1, -0.05) is 32.1 Å². The van der Waals surface area contributed by atoms with Crippen molar-refractivity contribution in [2.75, 3.05) is 0 Å². The van der Waals surface area contributed by atoms with Crippen LogP contribution in [0.1, 0.15) is 37.1 Å². The Morgan fingerprint density at radius 3 is 2.63 bits per heavy atom. The highest BCUT2D eigenvalue weighted by Crippen LogP contribution is 2.51. The number of fused-ring (bicyclic) bond motifs is 4. The Kier molecular flexibility index (Phi) is 5.46. The zero-order valence-electron chi connectivity index (χ0n) is 21.2. The van der Waals surface area contributed by atoms with Gasteiger partial charge in [-0.3, -0.25) is 9.78 Å². The highest BCUT2D eigenvalue weighted by Gasteiger charge is 2.49. The number of carbonyl (C=O) groups excluding carboxylic acids is 1. The van der Waals surface area contributed by atoms with Crippen LogP contribution in [-0.4, -0.2) is 20.7 Å². The maximum Gasteiger partial charge on any atom is 0.176 e. The Morgan fingerprint density at radius 2 is 1.87 bits per heavy atom. The third-order valence-corrected chi connectivity index (χ3v) is 8.15. The van der Waals surface area contributed by atoms with Crippen LogP contribution in [0.3, 0.4) is 0 Å². The summed E-state index contributed by atoms with van der Waals surface area (Å²) in [5, 5.41) is 10.3. The van der Waals surface area contributed by atoms with Gasteiger partial charge in [0.15, 0.2) is 11.6 Å². The topological polar surface area (TPSA) is 79.5 Å². The number of hydrogen-bond donors (Lipinski definition) is 0. The fraction of sp³-hybridized carbons (Fsp3) is 0.258. The predicted octanol–water partition coefficient (Wildman–Crippen LogP) is 6.43. The van der Waals surface area contributed by atoms with Gasteiger partial charge in [0.2, 0.25) is 0 Å². The van der Waals surface area contributed by atoms with E-state index in [4.69, 9.17) is 9.97 Å². The molecule has 0 spiro atoms. The summed E-state index contributed by atoms with van der Waals surface area (Å²) in [6.45, 7) is 5.66. The SMILES string of the molecule is Cc1cc(F)c2nccc(-c3nc(-c4ccccc4F)c4c(n3)[C@]3(C)C=C(C#N)C(=O)[C@H](C)[C@H]3CC4)c2c1. The third-order valence-electron chi connectivity index (χ3n) is 8.15. The van der Waals surface area contributed by atoms with Crippen molar-refractivity contribution in [3.8, 4) is 28.7 Å². The van der Waals surface area contributed by atoms with Gasteiger partial charge < -0.3 is 0 Å². The highest BCUT2D eigenvalue weighted by atomic mass is 19.1. The molecule has 5 nitrogen and oxygen atoms in total. The normalized spacial score (nSPS) is 22.4. The number of Topliss-reactive ketones (excluding diaryl/α,β-unsaturated/α-hetero) is 1. The summed E-state index contributed by atoms with van der Waals surface area (Å²) in [5.41, 5.74) is 3.16. The first kappa shape index (κ1) is 24.1. The lowest BCUT2D eigenvalue weighted by molar-refractivity contribution is -0.121. The number of benzene rings is 2. The van der Waals surface area contributed by atoms with Crippen molar-refractivity contribution in [1.29, 1.82) is 5.26 Å². The lowest BCUT2D eigenvalue weighted by Gasteiger charge is -2.45. The Morgan fingerprint density at radius 1 is 1.08 bits per heavy atom. The minimum atomic E-state index is -0.742. The predicted molar refractivity (Wildman–Crippen MR) is 140 cm³/mol. The van der Waals surface area contributed by atoms with Crippen molar-refractivity contribution in [3.63, 3.8) is 0 Å². The summed E-state index contributed by atoms with van der Waals surface area (Å²) >= 11 is 0. The van der Waals surface area contributed by atoms with Gasteiger partial charge in [0.25, 0.3) is 0 Å². The van der Waals surface area contributed by atoms with Crippen LogP contribution in [0.15, 0.2) is 60.3 Å². The van der Waals surface area contributed by atoms with Crippen molar-refractivity contribution >= 4 is 16.7 Å². The molecule has 2 heterocycles. The van der Waals surface area contributed by atoms with E-state index in [1.807, 2.05) is 19.9 Å². The molecule has 38 heavy (non-hydrogen) atoms. The van der Waals surface area contributed by atoms with Crippen LogP contribution >= 0.6 is 0 Å². The summed E-state index contributed by atoms with van der Waals surface area (Å²) < 4.78 is 30.0. The molecule has 4 aromatic rings. The number of ketones is 1. The summed E-state index contributed by atoms with van der Waals surface area (Å²) in [4.78, 5) is 27.0. The number of hydrogen-bond acceptors (Lipinski definition) is 5. The van der Waals surface area contributed by atoms with Gasteiger partial charge in [-0.2, -0.15) is 5.26 Å². The molecular formula is C31H24F2N4O. The van der Waals surface area contributed by atoms with Crippen LogP contribution in [0, 0.1) is 41.7 Å². The van der Waals surface area contributed by atoms with Gasteiger partial charge in [0.1, 0.15) is 23.2 Å². The van der Waals surface area contributed by atoms with Gasteiger partial charge in [-0.05, 0) is 61.6 Å². The molecule has 0 N–H and O–H groups in total. The summed E-state index contributed by atoms with van der Waals surface area (Å²) in [6, 6.07) is 13.5. The standard InChI is InChI=1S/C31H24F2N4O/c1-16-12-22-19(10-11-35-27(22)25(33)13-16)30-36-26(20-6-4-5-7-24(20)32)21-8-9-23-17(2)28(38)18(15-34)14-31(23,3)29(21)37-30/h4-7,10-14,17,23H,8-9H2,1-3H3/t17-,23-,31-/m1/s1. The van der Waals surface area contributed by atoms with Gasteiger partial charge in [-0.25, -0.2) is 18.7 Å². The molecule has 3 atom stereocenters. The molecule has 0 saturated carbocycles. The van der Waals surface area contributed by atoms with Gasteiger partial charge in [0.05, 0.1) is 17.0 Å². The Bertz CT molecular complexity index is 1740. The van der Waals surface area contributed by atoms with Gasteiger partial charge in [-0.15, -0.1) is 0 Å². The number of nitriles is 1. The van der Waals surface area contributed by atoms with Crippen LogP contribution in [0.25, 0.3) is 33.5 Å². The zero-order valence-corrected chi connectivity index (χ0v) is 21.2. The maximum absolute atomic E-state index is 15.2. The maximum atomic E-state index is 15.2. The lowest BCUT2D eigenvalue weighted by Crippen LogP contribution is -2.46. The molecular weight excluding hydrogens is 482 g/mol. The largest absolute Gasteiger partial charge is 0.293 e. The molecule has 0 amide bonds. The Balaban J connectivity index is 1.71. The highest BCUT2D eigenvalue weighted by molar-refractivity contribution is 6.02. The van der Waals surface area contributed by atoms with E-state index in [0.29, 0.717) is 46.6 Å². The van der Waals surface area contributed by atoms with E-state index in [1.54, 1.807) is 37.3 Å². The average Bonchev–Trinajstić information content (AvgIpc) is 2.90. The van der Waals surface area contributed by atoms with Crippen molar-refractivity contribution in [2.24, 2.45) is 11.8 Å². The van der Waals surface area contributed by atoms with Crippen molar-refractivity contribution in [2.45, 2.75) is 39.0 Å². The number of rotatable bonds is 2. The number of aromatic nitrogens is 3. The number of nitrogens with zero attached hydrogens (tertiary/aromatic N) is 4. The first-order chi connectivity index (χ1) is 18.2. The average molecular weight is 507 g/mol. The number of aryl methyl sites for hydroxylation is 1. The van der Waals surface area contributed by atoms with Crippen LogP contribution < -0.4 is 0 Å². The molecule has 6 rings (SSSR count). The molecule has 0 unspecified atom stereocenters. The Hall–Kier alpha value is -4.31. The van der Waals surface area contributed by atoms with Gasteiger partial charge in [0, 0.05) is 39.6 Å². The van der Waals surface area contributed by atoms with Crippen LogP contribution in [0.5, 0.6) is 0 Å². The molecule has 2 aromatic carbocycles. The Labute approximate surface area is 218 Å². The monoisotopic (exact) mass is 506 g/mol. The first-order valence-electron chi connectivity index (χ1n) is 12.6. The van der Waals surface area contributed by atoms with E-state index in [9.17, 15) is 14.4 Å². The number of allylic oxidation sites excluding steroid dienone is 2. The quantitative estimate of drug-likeness (QED) is 0.313. The summed E-state index contributed by atoms with van der Waals surface area (Å²) in [5.74, 6) is -1.13. The zero-order chi connectivity index (χ0) is 26.8. The molecule has 0 saturated heterocycles. The van der Waals surface area contributed by atoms with Crippen molar-refractivity contribution in [1.82, 2.24) is 15.0 Å². The fourth-order valence-corrected chi connectivity index (χ4v) is 6.31. The third kappa shape index (κ3) is 3.47. The minimum Gasteiger partial charge on any atom is -0.293 e. The molecule has 2 aliphatic carbocycles. The second kappa shape index (κ2) is 8.63. The molecule has 2 aromatic heterocycles. The second-order valence-electron chi connectivity index (χ2n) is 10.5. The van der Waals surface area contributed by atoms with Crippen LogP contribution in [0.4, 0.5) is 8.78 Å². The number of carbonyl (C=O) groups is 1. The molecule has 2 aliphatic rings. The minimum absolute atomic E-state index is 0.0790. The lowest BCUT2D eigenvalue weighted by atomic mass is 9.57. The molecule has 0 aliphatic heterocycles. The van der Waals surface area contributed by atoms with E-state index >= 15 is 4.39 Å². The molecule has 188 valence electrons. The van der Waals surface area contributed by atoms with Crippen LogP contribution in [0.2, 0.25) is 0 Å². The van der Waals surface area contributed by atoms with Crippen molar-refractivity contribution in [3.05, 3.63) is 88.8 Å². The summed E-state index contributed by atoms with van der Waals surface area (Å²) in [6.07, 6.45) is 4.49. The molecule has 0 radical (unpaired) electrons. The van der Waals surface area contributed by atoms with Crippen molar-refractivity contribution < 1.29 is 13.6 Å². The van der Waals surface area contributed by atoms with Gasteiger partial charge >= 0.3 is 0 Å². The second-order valence-corrected chi connectivity index (χ2v) is 10.5. The smallest absolute Gasteiger partial charge is 0.176 e. The fourth-order valence-electron chi connectivity index (χ4n) is 6.31. The first-order valence-corrected chi connectivity index (χ1v) is 12.6. The number of pyridine rings is 1. The molecule has 7 heteroatoms. The van der Waals surface area contributed by atoms with Crippen LogP contribution in [-0.2, 0) is 16.6 Å². The van der Waals surface area contributed by atoms with E-state index in [2.05, 4.69) is 11.1 Å². The number of halogens is 2. The van der Waals surface area contributed by atoms with E-state index < -0.39 is 17.0 Å². The van der Waals surface area contributed by atoms with E-state index in [-0.39, 0.29) is 28.7 Å². The summed E-state index contributed by atoms with van der Waals surface area (Å²) in [7, 11) is 0. The molecule has 0 bridgehead atoms. The van der Waals surface area contributed by atoms with E-state index in [1.165, 1.54) is 18.3 Å². The molecule has 0 fully saturated rings. The van der Waals surface area contributed by atoms with E-state index in [0.717, 1.165) is 11.1 Å².